The number of nitrogens with one attached hydrogen (secondary N) is 1. The van der Waals surface area contributed by atoms with E-state index in [1.807, 2.05) is 31.2 Å². The van der Waals surface area contributed by atoms with Gasteiger partial charge in [0.25, 0.3) is 5.91 Å². The predicted molar refractivity (Wildman–Crippen MR) is 84.9 cm³/mol. The number of hydrogen-bond acceptors (Lipinski definition) is 4. The minimum absolute atomic E-state index is 0.112. The maximum Gasteiger partial charge on any atom is 0.255 e. The van der Waals surface area contributed by atoms with E-state index in [0.29, 0.717) is 16.8 Å². The van der Waals surface area contributed by atoms with Crippen LogP contribution < -0.4 is 5.32 Å². The smallest absolute Gasteiger partial charge is 0.255 e. The Labute approximate surface area is 132 Å². The van der Waals surface area contributed by atoms with Gasteiger partial charge in [0, 0.05) is 22.1 Å². The lowest BCUT2D eigenvalue weighted by atomic mass is 10.1. The minimum atomic E-state index is -0.344. The normalized spacial score (nSPS) is 17.9. The summed E-state index contributed by atoms with van der Waals surface area (Å²) in [6.07, 6.45) is 1.36. The summed E-state index contributed by atoms with van der Waals surface area (Å²) in [6.45, 7) is 2.64. The first-order chi connectivity index (χ1) is 10.1. The Balaban J connectivity index is 1.79. The first-order valence-electron chi connectivity index (χ1n) is 6.79. The summed E-state index contributed by atoms with van der Waals surface area (Å²) in [7, 11) is 0. The summed E-state index contributed by atoms with van der Waals surface area (Å²) in [5.41, 5.74) is 1.80. The number of aryl methyl sites for hydroxylation is 1. The zero-order valence-corrected chi connectivity index (χ0v) is 13.1. The summed E-state index contributed by atoms with van der Waals surface area (Å²) < 4.78 is 5.37. The number of rotatable bonds is 3. The van der Waals surface area contributed by atoms with Crippen LogP contribution in [-0.2, 0) is 9.53 Å². The maximum atomic E-state index is 12.0. The Hall–Kier alpha value is -1.43. The number of carbonyl (C=O) groups excluding carboxylic acids is 1. The lowest BCUT2D eigenvalue weighted by Crippen LogP contribution is -2.26. The number of nitrogens with zero attached hydrogens (tertiary/aromatic N) is 1. The molecular weight excluding hydrogens is 308 g/mol. The molecule has 0 saturated carbocycles. The van der Waals surface area contributed by atoms with Gasteiger partial charge in [-0.15, -0.1) is 11.3 Å². The van der Waals surface area contributed by atoms with Crippen LogP contribution in [0.25, 0.3) is 11.3 Å². The van der Waals surface area contributed by atoms with Crippen LogP contribution in [0.2, 0.25) is 5.02 Å². The van der Waals surface area contributed by atoms with Gasteiger partial charge in [-0.3, -0.25) is 10.1 Å². The number of halogens is 1. The Morgan fingerprint density at radius 1 is 1.52 bits per heavy atom. The van der Waals surface area contributed by atoms with Crippen molar-refractivity contribution in [3.05, 3.63) is 34.2 Å². The summed E-state index contributed by atoms with van der Waals surface area (Å²) in [4.78, 5) is 17.6. The van der Waals surface area contributed by atoms with Gasteiger partial charge in [0.2, 0.25) is 0 Å². The number of amides is 1. The average molecular weight is 323 g/mol. The zero-order valence-electron chi connectivity index (χ0n) is 11.6. The molecule has 110 valence electrons. The van der Waals surface area contributed by atoms with Crippen LogP contribution in [0.4, 0.5) is 5.13 Å². The summed E-state index contributed by atoms with van der Waals surface area (Å²) in [5.74, 6) is -0.112. The fourth-order valence-corrected chi connectivity index (χ4v) is 3.35. The fraction of sp³-hybridized carbons (Fsp3) is 0.333. The molecular formula is C15H15ClN2O2S. The van der Waals surface area contributed by atoms with Crippen molar-refractivity contribution in [1.82, 2.24) is 4.98 Å². The lowest BCUT2D eigenvalue weighted by molar-refractivity contribution is -0.124. The number of thiazole rings is 1. The van der Waals surface area contributed by atoms with Gasteiger partial charge in [-0.2, -0.15) is 0 Å². The van der Waals surface area contributed by atoms with Crippen LogP contribution in [0.1, 0.15) is 17.7 Å². The van der Waals surface area contributed by atoms with E-state index in [9.17, 15) is 4.79 Å². The first-order valence-corrected chi connectivity index (χ1v) is 7.99. The van der Waals surface area contributed by atoms with Gasteiger partial charge in [-0.25, -0.2) is 4.98 Å². The van der Waals surface area contributed by atoms with Gasteiger partial charge >= 0.3 is 0 Å². The van der Waals surface area contributed by atoms with Crippen LogP contribution in [0.3, 0.4) is 0 Å². The molecule has 0 spiro atoms. The van der Waals surface area contributed by atoms with Crippen LogP contribution >= 0.6 is 22.9 Å². The van der Waals surface area contributed by atoms with E-state index in [1.54, 1.807) is 0 Å². The minimum Gasteiger partial charge on any atom is -0.368 e. The van der Waals surface area contributed by atoms with Gasteiger partial charge < -0.3 is 4.74 Å². The van der Waals surface area contributed by atoms with E-state index in [4.69, 9.17) is 16.3 Å². The highest BCUT2D eigenvalue weighted by Gasteiger charge is 2.24. The number of benzene rings is 1. The molecule has 0 radical (unpaired) electrons. The predicted octanol–water partition coefficient (Wildman–Crippen LogP) is 3.89. The molecule has 1 fully saturated rings. The average Bonchev–Trinajstić information content (AvgIpc) is 3.08. The first kappa shape index (κ1) is 14.5. The largest absolute Gasteiger partial charge is 0.368 e. The standard InChI is InChI=1S/C15H15ClN2O2S/c1-9-13(10-4-2-5-11(16)8-10)17-15(21-9)18-14(19)12-6-3-7-20-12/h2,4-5,8,12H,3,6-7H2,1H3,(H,17,18,19). The second kappa shape index (κ2) is 6.13. The molecule has 2 aromatic rings. The second-order valence-electron chi connectivity index (χ2n) is 4.93. The van der Waals surface area contributed by atoms with Crippen LogP contribution in [-0.4, -0.2) is 23.6 Å². The van der Waals surface area contributed by atoms with E-state index >= 15 is 0 Å². The van der Waals surface area contributed by atoms with E-state index < -0.39 is 0 Å². The molecule has 1 aromatic carbocycles. The summed E-state index contributed by atoms with van der Waals surface area (Å²) in [5, 5.41) is 4.11. The number of carbonyl (C=O) groups is 1. The van der Waals surface area contributed by atoms with Crippen molar-refractivity contribution in [3.8, 4) is 11.3 Å². The Morgan fingerprint density at radius 3 is 3.10 bits per heavy atom. The Kier molecular flexibility index (Phi) is 4.24. The molecule has 1 N–H and O–H groups in total. The molecule has 2 heterocycles. The molecule has 4 nitrogen and oxygen atoms in total. The van der Waals surface area contributed by atoms with Crippen molar-refractivity contribution >= 4 is 34.0 Å². The fourth-order valence-electron chi connectivity index (χ4n) is 2.32. The molecule has 1 unspecified atom stereocenters. The van der Waals surface area contributed by atoms with E-state index in [0.717, 1.165) is 29.0 Å². The summed E-state index contributed by atoms with van der Waals surface area (Å²) >= 11 is 7.47. The van der Waals surface area contributed by atoms with E-state index in [2.05, 4.69) is 10.3 Å². The molecule has 1 atom stereocenters. The molecule has 0 bridgehead atoms. The third-order valence-corrected chi connectivity index (χ3v) is 4.47. The molecule has 1 aliphatic heterocycles. The van der Waals surface area contributed by atoms with E-state index in [1.165, 1.54) is 11.3 Å². The Bertz CT molecular complexity index is 665. The maximum absolute atomic E-state index is 12.0. The number of aromatic nitrogens is 1. The third kappa shape index (κ3) is 3.26. The van der Waals surface area contributed by atoms with Crippen molar-refractivity contribution < 1.29 is 9.53 Å². The number of hydrogen-bond donors (Lipinski definition) is 1. The van der Waals surface area contributed by atoms with Crippen molar-refractivity contribution in [2.75, 3.05) is 11.9 Å². The van der Waals surface area contributed by atoms with Gasteiger partial charge in [0.1, 0.15) is 6.10 Å². The summed E-state index contributed by atoms with van der Waals surface area (Å²) in [6, 6.07) is 7.54. The topological polar surface area (TPSA) is 51.2 Å². The monoisotopic (exact) mass is 322 g/mol. The highest BCUT2D eigenvalue weighted by atomic mass is 35.5. The second-order valence-corrected chi connectivity index (χ2v) is 6.56. The van der Waals surface area contributed by atoms with Crippen molar-refractivity contribution in [3.63, 3.8) is 0 Å². The molecule has 3 rings (SSSR count). The van der Waals surface area contributed by atoms with Gasteiger partial charge in [-0.05, 0) is 31.9 Å². The highest BCUT2D eigenvalue weighted by molar-refractivity contribution is 7.16. The van der Waals surface area contributed by atoms with Gasteiger partial charge in [-0.1, -0.05) is 23.7 Å². The molecule has 21 heavy (non-hydrogen) atoms. The zero-order chi connectivity index (χ0) is 14.8. The van der Waals surface area contributed by atoms with Gasteiger partial charge in [0.05, 0.1) is 5.69 Å². The molecule has 1 aromatic heterocycles. The van der Waals surface area contributed by atoms with Crippen LogP contribution in [0.5, 0.6) is 0 Å². The molecule has 6 heteroatoms. The molecule has 1 amide bonds. The molecule has 0 aliphatic carbocycles. The van der Waals surface area contributed by atoms with Crippen LogP contribution in [0, 0.1) is 6.92 Å². The third-order valence-electron chi connectivity index (χ3n) is 3.35. The highest BCUT2D eigenvalue weighted by Crippen LogP contribution is 2.31. The van der Waals surface area contributed by atoms with Crippen molar-refractivity contribution in [1.29, 1.82) is 0 Å². The number of anilines is 1. The van der Waals surface area contributed by atoms with Gasteiger partial charge in [0.15, 0.2) is 5.13 Å². The molecule has 1 saturated heterocycles. The number of ether oxygens (including phenoxy) is 1. The van der Waals surface area contributed by atoms with E-state index in [-0.39, 0.29) is 12.0 Å². The molecule has 1 aliphatic rings. The lowest BCUT2D eigenvalue weighted by Gasteiger charge is -2.07. The van der Waals surface area contributed by atoms with Crippen LogP contribution in [0.15, 0.2) is 24.3 Å². The Morgan fingerprint density at radius 2 is 2.38 bits per heavy atom. The SMILES string of the molecule is Cc1sc(NC(=O)C2CCCO2)nc1-c1cccc(Cl)c1. The van der Waals surface area contributed by atoms with Crippen molar-refractivity contribution in [2.45, 2.75) is 25.9 Å². The van der Waals surface area contributed by atoms with Crippen molar-refractivity contribution in [2.24, 2.45) is 0 Å². The quantitative estimate of drug-likeness (QED) is 0.932.